The molecule has 0 bridgehead atoms. The van der Waals surface area contributed by atoms with E-state index in [1.54, 1.807) is 0 Å². The molecule has 1 spiro atoms. The second-order valence-corrected chi connectivity index (χ2v) is 5.36. The number of rotatable bonds is 0. The summed E-state index contributed by atoms with van der Waals surface area (Å²) >= 11 is 0. The van der Waals surface area contributed by atoms with Crippen LogP contribution >= 0.6 is 0 Å². The van der Waals surface area contributed by atoms with Crippen LogP contribution in [0.15, 0.2) is 29.3 Å². The Kier molecular flexibility index (Phi) is 2.63. The maximum Gasteiger partial charge on any atom is 0.126 e. The van der Waals surface area contributed by atoms with Gasteiger partial charge in [-0.1, -0.05) is 31.0 Å². The first-order valence-electron chi connectivity index (χ1n) is 6.37. The van der Waals surface area contributed by atoms with E-state index in [-0.39, 0.29) is 0 Å². The highest BCUT2D eigenvalue weighted by Crippen LogP contribution is 2.46. The summed E-state index contributed by atoms with van der Waals surface area (Å²) in [5, 5.41) is 9.20. The predicted octanol–water partition coefficient (Wildman–Crippen LogP) is 3.20. The van der Waals surface area contributed by atoms with Gasteiger partial charge < -0.3 is 0 Å². The molecule has 1 saturated carbocycles. The van der Waals surface area contributed by atoms with Gasteiger partial charge in [0.15, 0.2) is 0 Å². The molecule has 0 saturated heterocycles. The fourth-order valence-corrected chi connectivity index (χ4v) is 3.32. The molecular formula is C14H18N2O. The number of hydrogen-bond donors (Lipinski definition) is 2. The number of para-hydroxylation sites is 1. The Balaban J connectivity index is 2.04. The maximum absolute atomic E-state index is 9.20. The summed E-state index contributed by atoms with van der Waals surface area (Å²) in [4.78, 5) is 4.53. The van der Waals surface area contributed by atoms with Crippen LogP contribution in [0.1, 0.15) is 37.7 Å². The molecule has 0 unspecified atom stereocenters. The quantitative estimate of drug-likeness (QED) is 0.672. The molecule has 3 rings (SSSR count). The molecule has 0 aromatic heterocycles. The molecular weight excluding hydrogens is 212 g/mol. The minimum atomic E-state index is 0.321. The van der Waals surface area contributed by atoms with E-state index < -0.39 is 0 Å². The zero-order valence-electron chi connectivity index (χ0n) is 9.95. The largest absolute Gasteiger partial charge is 0.290 e. The third kappa shape index (κ3) is 1.95. The summed E-state index contributed by atoms with van der Waals surface area (Å²) < 4.78 is 0. The molecule has 2 aliphatic rings. The summed E-state index contributed by atoms with van der Waals surface area (Å²) in [6, 6.07) is 8.28. The Morgan fingerprint density at radius 1 is 1.12 bits per heavy atom. The van der Waals surface area contributed by atoms with E-state index >= 15 is 0 Å². The van der Waals surface area contributed by atoms with Gasteiger partial charge in [0.25, 0.3) is 0 Å². The zero-order chi connectivity index (χ0) is 11.7. The lowest BCUT2D eigenvalue weighted by molar-refractivity contribution is 0.220. The second kappa shape index (κ2) is 4.15. The highest BCUT2D eigenvalue weighted by Gasteiger charge is 2.37. The average molecular weight is 230 g/mol. The molecule has 2 N–H and O–H groups in total. The highest BCUT2D eigenvalue weighted by atomic mass is 16.5. The van der Waals surface area contributed by atoms with Gasteiger partial charge in [-0.15, -0.1) is 0 Å². The van der Waals surface area contributed by atoms with E-state index in [2.05, 4.69) is 22.6 Å². The Morgan fingerprint density at radius 2 is 1.88 bits per heavy atom. The lowest BCUT2D eigenvalue weighted by atomic mass is 9.77. The third-order valence-corrected chi connectivity index (χ3v) is 4.15. The van der Waals surface area contributed by atoms with Gasteiger partial charge in [0, 0.05) is 6.42 Å². The van der Waals surface area contributed by atoms with Crippen molar-refractivity contribution >= 4 is 11.5 Å². The van der Waals surface area contributed by atoms with Crippen molar-refractivity contribution in [3.63, 3.8) is 0 Å². The molecule has 1 aromatic carbocycles. The number of benzene rings is 1. The van der Waals surface area contributed by atoms with Gasteiger partial charge in [-0.2, -0.15) is 0 Å². The predicted molar refractivity (Wildman–Crippen MR) is 67.7 cm³/mol. The van der Waals surface area contributed by atoms with E-state index in [9.17, 15) is 5.21 Å². The monoisotopic (exact) mass is 230 g/mol. The molecule has 3 nitrogen and oxygen atoms in total. The van der Waals surface area contributed by atoms with Crippen LogP contribution in [0.5, 0.6) is 0 Å². The van der Waals surface area contributed by atoms with Crippen molar-refractivity contribution in [2.45, 2.75) is 38.5 Å². The average Bonchev–Trinajstić information content (AvgIpc) is 2.72. The fraction of sp³-hybridized carbons (Fsp3) is 0.500. The van der Waals surface area contributed by atoms with Gasteiger partial charge in [-0.25, -0.2) is 4.99 Å². The Hall–Kier alpha value is -1.35. The van der Waals surface area contributed by atoms with Crippen molar-refractivity contribution in [2.75, 3.05) is 0 Å². The van der Waals surface area contributed by atoms with Crippen LogP contribution in [0, 0.1) is 5.41 Å². The van der Waals surface area contributed by atoms with Crippen LogP contribution in [0.25, 0.3) is 0 Å². The first kappa shape index (κ1) is 10.8. The van der Waals surface area contributed by atoms with Crippen LogP contribution in [-0.2, 0) is 6.42 Å². The molecule has 17 heavy (non-hydrogen) atoms. The first-order chi connectivity index (χ1) is 8.31. The minimum Gasteiger partial charge on any atom is -0.290 e. The SMILES string of the molecule is ONC1=Nc2ccccc2CC2(CCCC2)C1. The Labute approximate surface area is 102 Å². The van der Waals surface area contributed by atoms with E-state index in [0.29, 0.717) is 5.41 Å². The summed E-state index contributed by atoms with van der Waals surface area (Å²) in [6.07, 6.45) is 7.09. The topological polar surface area (TPSA) is 44.6 Å². The van der Waals surface area contributed by atoms with E-state index in [0.717, 1.165) is 24.4 Å². The highest BCUT2D eigenvalue weighted by molar-refractivity contribution is 5.85. The van der Waals surface area contributed by atoms with Gasteiger partial charge in [-0.05, 0) is 36.3 Å². The molecule has 90 valence electrons. The van der Waals surface area contributed by atoms with Crippen molar-refractivity contribution in [2.24, 2.45) is 10.4 Å². The van der Waals surface area contributed by atoms with Crippen molar-refractivity contribution in [1.29, 1.82) is 0 Å². The van der Waals surface area contributed by atoms with Crippen LogP contribution in [-0.4, -0.2) is 11.0 Å². The van der Waals surface area contributed by atoms with Crippen molar-refractivity contribution in [3.05, 3.63) is 29.8 Å². The maximum atomic E-state index is 9.20. The zero-order valence-corrected chi connectivity index (χ0v) is 9.95. The molecule has 1 aliphatic carbocycles. The summed E-state index contributed by atoms with van der Waals surface area (Å²) in [5.41, 5.74) is 4.93. The van der Waals surface area contributed by atoms with Crippen LogP contribution in [0.2, 0.25) is 0 Å². The summed E-state index contributed by atoms with van der Waals surface area (Å²) in [6.45, 7) is 0. The smallest absolute Gasteiger partial charge is 0.126 e. The Bertz CT molecular complexity index is 447. The first-order valence-corrected chi connectivity index (χ1v) is 6.37. The van der Waals surface area contributed by atoms with Crippen molar-refractivity contribution in [1.82, 2.24) is 5.48 Å². The number of aliphatic imine (C=N–C) groups is 1. The van der Waals surface area contributed by atoms with Crippen LogP contribution in [0.3, 0.4) is 0 Å². The number of hydroxylamine groups is 1. The number of hydrogen-bond acceptors (Lipinski definition) is 3. The molecule has 1 aliphatic heterocycles. The lowest BCUT2D eigenvalue weighted by Crippen LogP contribution is -2.28. The number of amidine groups is 1. The standard InChI is InChI=1S/C14H18N2O/c17-16-13-10-14(7-3-4-8-14)9-11-5-1-2-6-12(11)15-13/h1-2,5-6,17H,3-4,7-10H2,(H,15,16). The Morgan fingerprint density at radius 3 is 2.65 bits per heavy atom. The second-order valence-electron chi connectivity index (χ2n) is 5.36. The number of nitrogens with one attached hydrogen (secondary N) is 1. The fourth-order valence-electron chi connectivity index (χ4n) is 3.32. The molecule has 1 fully saturated rings. The molecule has 0 atom stereocenters. The van der Waals surface area contributed by atoms with Gasteiger partial charge in [0.2, 0.25) is 0 Å². The van der Waals surface area contributed by atoms with Gasteiger partial charge in [-0.3, -0.25) is 10.7 Å². The number of fused-ring (bicyclic) bond motifs is 1. The molecule has 1 aromatic rings. The van der Waals surface area contributed by atoms with Crippen molar-refractivity contribution < 1.29 is 5.21 Å². The van der Waals surface area contributed by atoms with Crippen LogP contribution in [0.4, 0.5) is 5.69 Å². The van der Waals surface area contributed by atoms with Gasteiger partial charge >= 0.3 is 0 Å². The third-order valence-electron chi connectivity index (χ3n) is 4.15. The van der Waals surface area contributed by atoms with Crippen LogP contribution < -0.4 is 5.48 Å². The lowest BCUT2D eigenvalue weighted by Gasteiger charge is -2.27. The van der Waals surface area contributed by atoms with Gasteiger partial charge in [0.1, 0.15) is 5.84 Å². The summed E-state index contributed by atoms with van der Waals surface area (Å²) in [5.74, 6) is 0.719. The molecule has 3 heteroatoms. The molecule has 0 radical (unpaired) electrons. The molecule has 0 amide bonds. The molecule has 1 heterocycles. The van der Waals surface area contributed by atoms with E-state index in [1.807, 2.05) is 12.1 Å². The van der Waals surface area contributed by atoms with E-state index in [1.165, 1.54) is 31.2 Å². The summed E-state index contributed by atoms with van der Waals surface area (Å²) in [7, 11) is 0. The van der Waals surface area contributed by atoms with Crippen molar-refractivity contribution in [3.8, 4) is 0 Å². The van der Waals surface area contributed by atoms with E-state index in [4.69, 9.17) is 0 Å². The van der Waals surface area contributed by atoms with Gasteiger partial charge in [0.05, 0.1) is 5.69 Å². The number of nitrogens with zero attached hydrogens (tertiary/aromatic N) is 1. The normalized spacial score (nSPS) is 21.8. The minimum absolute atomic E-state index is 0.321.